The molecule has 0 aliphatic rings. The molecule has 1 aromatic carbocycles. The summed E-state index contributed by atoms with van der Waals surface area (Å²) < 4.78 is 12.4. The number of rotatable bonds is 6. The summed E-state index contributed by atoms with van der Waals surface area (Å²) in [5.74, 6) is 1.42. The molecule has 3 aromatic heterocycles. The number of ether oxygens (including phenoxy) is 2. The average Bonchev–Trinajstić information content (AvgIpc) is 3.25. The van der Waals surface area contributed by atoms with Crippen LogP contribution >= 0.6 is 11.3 Å². The monoisotopic (exact) mass is 367 g/mol. The first-order chi connectivity index (χ1) is 12.8. The molecule has 132 valence electrons. The molecule has 8 heteroatoms. The van der Waals surface area contributed by atoms with Crippen LogP contribution in [0.2, 0.25) is 0 Å². The zero-order valence-corrected chi connectivity index (χ0v) is 15.2. The summed E-state index contributed by atoms with van der Waals surface area (Å²) in [7, 11) is 3.26. The molecule has 0 amide bonds. The van der Waals surface area contributed by atoms with Crippen molar-refractivity contribution in [2.24, 2.45) is 0 Å². The van der Waals surface area contributed by atoms with E-state index in [1.807, 2.05) is 36.5 Å². The number of nitrogens with one attached hydrogen (secondary N) is 1. The Morgan fingerprint density at radius 1 is 1.15 bits per heavy atom. The maximum atomic E-state index is 5.33. The van der Waals surface area contributed by atoms with Crippen LogP contribution < -0.4 is 14.8 Å². The molecule has 26 heavy (non-hydrogen) atoms. The van der Waals surface area contributed by atoms with Crippen molar-refractivity contribution >= 4 is 21.4 Å². The van der Waals surface area contributed by atoms with Crippen LogP contribution in [0.25, 0.3) is 16.2 Å². The van der Waals surface area contributed by atoms with Gasteiger partial charge in [-0.15, -0.1) is 5.10 Å². The van der Waals surface area contributed by atoms with Gasteiger partial charge < -0.3 is 14.8 Å². The van der Waals surface area contributed by atoms with Crippen molar-refractivity contribution in [2.75, 3.05) is 19.5 Å². The molecule has 0 fully saturated rings. The summed E-state index contributed by atoms with van der Waals surface area (Å²) in [5, 5.41) is 8.66. The molecule has 1 N–H and O–H groups in total. The van der Waals surface area contributed by atoms with Gasteiger partial charge >= 0.3 is 0 Å². The molecule has 0 saturated heterocycles. The van der Waals surface area contributed by atoms with Crippen molar-refractivity contribution in [1.82, 2.24) is 19.6 Å². The number of aromatic nitrogens is 4. The molecule has 4 aromatic rings. The highest BCUT2D eigenvalue weighted by Gasteiger charge is 2.10. The van der Waals surface area contributed by atoms with Crippen LogP contribution in [0, 0.1) is 0 Å². The van der Waals surface area contributed by atoms with Crippen LogP contribution in [-0.4, -0.2) is 33.8 Å². The molecule has 0 aliphatic heterocycles. The van der Waals surface area contributed by atoms with Gasteiger partial charge in [0, 0.05) is 24.5 Å². The van der Waals surface area contributed by atoms with Crippen LogP contribution in [0.3, 0.4) is 0 Å². The minimum atomic E-state index is 0.631. The minimum absolute atomic E-state index is 0.631. The number of imidazole rings is 1. The standard InChI is InChI=1S/C18H17N5O2S/c1-24-15-6-5-12(8-16(15)25-2)9-20-17-22-23-11-14(21-18(23)26-17)13-4-3-7-19-10-13/h3-8,10-11H,9H2,1-2H3,(H,20,22). The van der Waals surface area contributed by atoms with Gasteiger partial charge in [0.05, 0.1) is 26.1 Å². The van der Waals surface area contributed by atoms with Gasteiger partial charge in [0.1, 0.15) is 0 Å². The number of nitrogens with zero attached hydrogens (tertiary/aromatic N) is 4. The summed E-state index contributed by atoms with van der Waals surface area (Å²) in [6.45, 7) is 0.631. The Kier molecular flexibility index (Phi) is 4.40. The Bertz CT molecular complexity index is 997. The zero-order valence-electron chi connectivity index (χ0n) is 14.3. The largest absolute Gasteiger partial charge is 0.493 e. The van der Waals surface area contributed by atoms with Crippen molar-refractivity contribution in [3.8, 4) is 22.8 Å². The molecular formula is C18H17N5O2S. The SMILES string of the molecule is COc1ccc(CNc2nn3cc(-c4cccnc4)nc3s2)cc1OC. The molecular weight excluding hydrogens is 350 g/mol. The lowest BCUT2D eigenvalue weighted by atomic mass is 10.2. The van der Waals surface area contributed by atoms with Gasteiger partial charge in [-0.2, -0.15) is 0 Å². The highest BCUT2D eigenvalue weighted by Crippen LogP contribution is 2.28. The van der Waals surface area contributed by atoms with Gasteiger partial charge in [0.2, 0.25) is 10.1 Å². The quantitative estimate of drug-likeness (QED) is 0.562. The topological polar surface area (TPSA) is 73.6 Å². The lowest BCUT2D eigenvalue weighted by molar-refractivity contribution is 0.354. The molecule has 4 rings (SSSR count). The van der Waals surface area contributed by atoms with Crippen LogP contribution in [-0.2, 0) is 6.54 Å². The predicted octanol–water partition coefficient (Wildman–Crippen LogP) is 3.48. The Morgan fingerprint density at radius 3 is 2.77 bits per heavy atom. The van der Waals surface area contributed by atoms with Gasteiger partial charge in [0.15, 0.2) is 11.5 Å². The molecule has 3 heterocycles. The van der Waals surface area contributed by atoms with Crippen molar-refractivity contribution in [1.29, 1.82) is 0 Å². The zero-order chi connectivity index (χ0) is 17.9. The van der Waals surface area contributed by atoms with Gasteiger partial charge in [0.25, 0.3) is 0 Å². The summed E-state index contributed by atoms with van der Waals surface area (Å²) in [6.07, 6.45) is 5.45. The molecule has 0 unspecified atom stereocenters. The van der Waals surface area contributed by atoms with Crippen LogP contribution in [0.4, 0.5) is 5.13 Å². The van der Waals surface area contributed by atoms with E-state index in [0.29, 0.717) is 18.0 Å². The molecule has 0 spiro atoms. The van der Waals surface area contributed by atoms with Gasteiger partial charge in [-0.3, -0.25) is 4.98 Å². The van der Waals surface area contributed by atoms with E-state index in [9.17, 15) is 0 Å². The number of hydrogen-bond donors (Lipinski definition) is 1. The first kappa shape index (κ1) is 16.3. The fourth-order valence-corrected chi connectivity index (χ4v) is 3.37. The summed E-state index contributed by atoms with van der Waals surface area (Å²) >= 11 is 1.50. The number of anilines is 1. The van der Waals surface area contributed by atoms with Crippen LogP contribution in [0.5, 0.6) is 11.5 Å². The minimum Gasteiger partial charge on any atom is -0.493 e. The van der Waals surface area contributed by atoms with Gasteiger partial charge in [-0.05, 0) is 29.8 Å². The lowest BCUT2D eigenvalue weighted by Crippen LogP contribution is -2.00. The van der Waals surface area contributed by atoms with Crippen LogP contribution in [0.1, 0.15) is 5.56 Å². The third-order valence-electron chi connectivity index (χ3n) is 3.89. The van der Waals surface area contributed by atoms with Gasteiger partial charge in [-0.25, -0.2) is 9.50 Å². The van der Waals surface area contributed by atoms with E-state index in [0.717, 1.165) is 26.9 Å². The highest BCUT2D eigenvalue weighted by atomic mass is 32.1. The van der Waals surface area contributed by atoms with Crippen molar-refractivity contribution in [3.05, 3.63) is 54.5 Å². The summed E-state index contributed by atoms with van der Waals surface area (Å²) in [4.78, 5) is 9.57. The molecule has 0 aliphatic carbocycles. The predicted molar refractivity (Wildman–Crippen MR) is 101 cm³/mol. The van der Waals surface area contributed by atoms with E-state index in [2.05, 4.69) is 20.4 Å². The van der Waals surface area contributed by atoms with Gasteiger partial charge in [-0.1, -0.05) is 17.4 Å². The number of fused-ring (bicyclic) bond motifs is 1. The second kappa shape index (κ2) is 7.01. The summed E-state index contributed by atoms with van der Waals surface area (Å²) in [5.41, 5.74) is 2.92. The van der Waals surface area contributed by atoms with E-state index in [1.54, 1.807) is 31.1 Å². The third kappa shape index (κ3) is 3.18. The second-order valence-corrected chi connectivity index (χ2v) is 6.50. The van der Waals surface area contributed by atoms with Crippen molar-refractivity contribution in [3.63, 3.8) is 0 Å². The first-order valence-electron chi connectivity index (χ1n) is 7.98. The fourth-order valence-electron chi connectivity index (χ4n) is 2.59. The maximum Gasteiger partial charge on any atom is 0.214 e. The molecule has 7 nitrogen and oxygen atoms in total. The third-order valence-corrected chi connectivity index (χ3v) is 4.77. The lowest BCUT2D eigenvalue weighted by Gasteiger charge is -2.09. The number of methoxy groups -OCH3 is 2. The van der Waals surface area contributed by atoms with E-state index >= 15 is 0 Å². The summed E-state index contributed by atoms with van der Waals surface area (Å²) in [6, 6.07) is 9.71. The number of pyridine rings is 1. The Balaban J connectivity index is 1.49. The second-order valence-electron chi connectivity index (χ2n) is 5.55. The average molecular weight is 367 g/mol. The number of hydrogen-bond acceptors (Lipinski definition) is 7. The van der Waals surface area contributed by atoms with Crippen molar-refractivity contribution < 1.29 is 9.47 Å². The smallest absolute Gasteiger partial charge is 0.214 e. The van der Waals surface area contributed by atoms with Crippen molar-refractivity contribution in [2.45, 2.75) is 6.54 Å². The normalized spacial score (nSPS) is 10.8. The Labute approximate surface area is 154 Å². The molecule has 0 atom stereocenters. The fraction of sp³-hybridized carbons (Fsp3) is 0.167. The molecule has 0 saturated carbocycles. The first-order valence-corrected chi connectivity index (χ1v) is 8.80. The Hall–Kier alpha value is -3.13. The van der Waals surface area contributed by atoms with E-state index in [4.69, 9.17) is 9.47 Å². The molecule has 0 bridgehead atoms. The highest BCUT2D eigenvalue weighted by molar-refractivity contribution is 7.20. The maximum absolute atomic E-state index is 5.33. The number of benzene rings is 1. The van der Waals surface area contributed by atoms with Crippen LogP contribution in [0.15, 0.2) is 48.9 Å². The molecule has 0 radical (unpaired) electrons. The van der Waals surface area contributed by atoms with E-state index < -0.39 is 0 Å². The van der Waals surface area contributed by atoms with E-state index in [1.165, 1.54) is 11.3 Å². The van der Waals surface area contributed by atoms with E-state index in [-0.39, 0.29) is 0 Å². The Morgan fingerprint density at radius 2 is 2.04 bits per heavy atom.